The Bertz CT molecular complexity index is 1500. The quantitative estimate of drug-likeness (QED) is 0.264. The molecule has 4 rings (SSSR count). The molecule has 10 nitrogen and oxygen atoms in total. The molecule has 1 amide bonds. The number of aliphatic hydroxyl groups excluding tert-OH is 1. The van der Waals surface area contributed by atoms with Crippen molar-refractivity contribution in [2.75, 3.05) is 19.9 Å². The molecule has 0 fully saturated rings. The van der Waals surface area contributed by atoms with Crippen LogP contribution in [0.1, 0.15) is 25.0 Å². The van der Waals surface area contributed by atoms with Gasteiger partial charge in [-0.25, -0.2) is 22.0 Å². The van der Waals surface area contributed by atoms with Crippen molar-refractivity contribution in [1.82, 2.24) is 9.62 Å². The molecule has 1 heterocycles. The maximum Gasteiger partial charge on any atom is 0.404 e. The van der Waals surface area contributed by atoms with Crippen LogP contribution < -0.4 is 19.5 Å². The Morgan fingerprint density at radius 2 is 1.67 bits per heavy atom. The number of sulfonamides is 1. The van der Waals surface area contributed by atoms with Crippen molar-refractivity contribution in [3.05, 3.63) is 83.4 Å². The van der Waals surface area contributed by atoms with Gasteiger partial charge >= 0.3 is 6.09 Å². The SMILES string of the molecule is CC(C)CN(CC(O)C(Cc1ccc(OCc2ccc(F)c(F)c2)cc1)NC(=O)O)S(=O)(=O)c1ccc2c(c1)OCO2. The second kappa shape index (κ2) is 13.4. The molecule has 0 aliphatic carbocycles. The van der Waals surface area contributed by atoms with Gasteiger partial charge in [-0.05, 0) is 59.9 Å². The van der Waals surface area contributed by atoms with Crippen LogP contribution in [0.3, 0.4) is 0 Å². The van der Waals surface area contributed by atoms with Crippen LogP contribution in [0.2, 0.25) is 0 Å². The number of nitrogens with one attached hydrogen (secondary N) is 1. The molecule has 13 heteroatoms. The predicted molar refractivity (Wildman–Crippen MR) is 148 cm³/mol. The Morgan fingerprint density at radius 1 is 0.976 bits per heavy atom. The van der Waals surface area contributed by atoms with Gasteiger partial charge in [-0.1, -0.05) is 32.0 Å². The minimum Gasteiger partial charge on any atom is -0.489 e. The second-order valence-electron chi connectivity index (χ2n) is 10.2. The lowest BCUT2D eigenvalue weighted by Gasteiger charge is -2.30. The van der Waals surface area contributed by atoms with Crippen molar-refractivity contribution < 1.29 is 46.4 Å². The van der Waals surface area contributed by atoms with Crippen LogP contribution in [0.4, 0.5) is 13.6 Å². The molecule has 1 aliphatic rings. The lowest BCUT2D eigenvalue weighted by atomic mass is 10.0. The standard InChI is InChI=1S/C29H32F2N2O8S/c1-18(2)14-33(42(37,38)22-8-10-27-28(13-22)41-17-40-27)15-26(34)25(32-29(35)36)12-19-3-6-21(7-4-19)39-16-20-5-9-23(30)24(31)11-20/h3-11,13,18,25-26,32,34H,12,14-17H2,1-2H3,(H,35,36). The molecule has 2 atom stereocenters. The highest BCUT2D eigenvalue weighted by molar-refractivity contribution is 7.89. The number of ether oxygens (including phenoxy) is 3. The zero-order valence-electron chi connectivity index (χ0n) is 23.0. The normalized spacial score (nSPS) is 14.2. The van der Waals surface area contributed by atoms with Crippen LogP contribution in [0.25, 0.3) is 0 Å². The van der Waals surface area contributed by atoms with Gasteiger partial charge in [0, 0.05) is 19.2 Å². The Morgan fingerprint density at radius 3 is 2.33 bits per heavy atom. The summed E-state index contributed by atoms with van der Waals surface area (Å²) in [6.07, 6.45) is -2.72. The summed E-state index contributed by atoms with van der Waals surface area (Å²) >= 11 is 0. The predicted octanol–water partition coefficient (Wildman–Crippen LogP) is 4.16. The molecule has 1 aliphatic heterocycles. The average molecular weight is 607 g/mol. The highest BCUT2D eigenvalue weighted by Crippen LogP contribution is 2.35. The summed E-state index contributed by atoms with van der Waals surface area (Å²) in [6.45, 7) is 3.36. The topological polar surface area (TPSA) is 135 Å². The van der Waals surface area contributed by atoms with E-state index in [4.69, 9.17) is 14.2 Å². The molecule has 0 saturated heterocycles. The van der Waals surface area contributed by atoms with Crippen LogP contribution >= 0.6 is 0 Å². The van der Waals surface area contributed by atoms with Gasteiger partial charge in [0.05, 0.1) is 17.0 Å². The molecular formula is C29H32F2N2O8S. The third-order valence-electron chi connectivity index (χ3n) is 6.48. The number of hydrogen-bond donors (Lipinski definition) is 3. The van der Waals surface area contributed by atoms with Gasteiger partial charge in [0.15, 0.2) is 23.1 Å². The molecule has 42 heavy (non-hydrogen) atoms. The van der Waals surface area contributed by atoms with Crippen LogP contribution in [0.15, 0.2) is 65.6 Å². The smallest absolute Gasteiger partial charge is 0.404 e. The number of aliphatic hydroxyl groups is 1. The fraction of sp³-hybridized carbons (Fsp3) is 0.345. The van der Waals surface area contributed by atoms with E-state index >= 15 is 0 Å². The Labute approximate surface area is 242 Å². The fourth-order valence-electron chi connectivity index (χ4n) is 4.41. The molecule has 0 spiro atoms. The molecule has 0 bridgehead atoms. The molecule has 0 saturated carbocycles. The number of carbonyl (C=O) groups is 1. The monoisotopic (exact) mass is 606 g/mol. The van der Waals surface area contributed by atoms with Gasteiger partial charge in [0.2, 0.25) is 16.8 Å². The van der Waals surface area contributed by atoms with Gasteiger partial charge in [-0.2, -0.15) is 4.31 Å². The van der Waals surface area contributed by atoms with E-state index in [2.05, 4.69) is 5.32 Å². The van der Waals surface area contributed by atoms with E-state index in [1.54, 1.807) is 24.3 Å². The van der Waals surface area contributed by atoms with E-state index in [0.717, 1.165) is 16.4 Å². The van der Waals surface area contributed by atoms with Crippen LogP contribution in [0.5, 0.6) is 17.2 Å². The van der Waals surface area contributed by atoms with Gasteiger partial charge in [-0.15, -0.1) is 0 Å². The van der Waals surface area contributed by atoms with Crippen molar-refractivity contribution >= 4 is 16.1 Å². The van der Waals surface area contributed by atoms with E-state index in [9.17, 15) is 32.2 Å². The summed E-state index contributed by atoms with van der Waals surface area (Å²) in [7, 11) is -4.09. The summed E-state index contributed by atoms with van der Waals surface area (Å²) in [4.78, 5) is 11.5. The van der Waals surface area contributed by atoms with Gasteiger partial charge in [-0.3, -0.25) is 0 Å². The summed E-state index contributed by atoms with van der Waals surface area (Å²) in [5.74, 6) is -0.861. The third-order valence-corrected chi connectivity index (χ3v) is 8.31. The first-order valence-electron chi connectivity index (χ1n) is 13.2. The number of benzene rings is 3. The van der Waals surface area contributed by atoms with Crippen LogP contribution in [-0.2, 0) is 23.1 Å². The number of fused-ring (bicyclic) bond motifs is 1. The maximum atomic E-state index is 13.6. The first-order valence-corrected chi connectivity index (χ1v) is 14.6. The lowest BCUT2D eigenvalue weighted by molar-refractivity contribution is 0.0980. The maximum absolute atomic E-state index is 13.6. The molecule has 2 unspecified atom stereocenters. The molecule has 0 aromatic heterocycles. The Balaban J connectivity index is 1.46. The van der Waals surface area contributed by atoms with Gasteiger partial charge in [0.25, 0.3) is 0 Å². The zero-order valence-corrected chi connectivity index (χ0v) is 23.8. The van der Waals surface area contributed by atoms with Gasteiger partial charge in [0.1, 0.15) is 12.4 Å². The third kappa shape index (κ3) is 7.87. The Hall–Kier alpha value is -3.94. The van der Waals surface area contributed by atoms with Crippen molar-refractivity contribution in [3.8, 4) is 17.2 Å². The lowest BCUT2D eigenvalue weighted by Crippen LogP contribution is -2.50. The van der Waals surface area contributed by atoms with Crippen LogP contribution in [0, 0.1) is 17.6 Å². The number of halogens is 2. The van der Waals surface area contributed by atoms with E-state index in [1.165, 1.54) is 24.3 Å². The Kier molecular flexibility index (Phi) is 9.86. The number of carboxylic acid groups (broad SMARTS) is 1. The zero-order chi connectivity index (χ0) is 30.4. The number of nitrogens with zero attached hydrogens (tertiary/aromatic N) is 1. The van der Waals surface area contributed by atoms with E-state index in [-0.39, 0.29) is 43.7 Å². The minimum atomic E-state index is -4.09. The molecular weight excluding hydrogens is 574 g/mol. The molecule has 3 aromatic rings. The highest BCUT2D eigenvalue weighted by Gasteiger charge is 2.32. The summed E-state index contributed by atoms with van der Waals surface area (Å²) in [5, 5.41) is 22.8. The summed E-state index contributed by atoms with van der Waals surface area (Å²) < 4.78 is 71.0. The van der Waals surface area contributed by atoms with E-state index in [1.807, 2.05) is 13.8 Å². The first kappa shape index (κ1) is 31.0. The number of amides is 1. The number of hydrogen-bond acceptors (Lipinski definition) is 7. The molecule has 3 N–H and O–H groups in total. The fourth-order valence-corrected chi connectivity index (χ4v) is 6.05. The second-order valence-corrected chi connectivity index (χ2v) is 12.2. The van der Waals surface area contributed by atoms with E-state index < -0.39 is 39.9 Å². The van der Waals surface area contributed by atoms with Crippen molar-refractivity contribution in [1.29, 1.82) is 0 Å². The summed E-state index contributed by atoms with van der Waals surface area (Å²) in [5.41, 5.74) is 1.08. The highest BCUT2D eigenvalue weighted by atomic mass is 32.2. The first-order chi connectivity index (χ1) is 19.9. The van der Waals surface area contributed by atoms with Crippen LogP contribution in [-0.4, -0.2) is 61.1 Å². The van der Waals surface area contributed by atoms with Crippen molar-refractivity contribution in [2.45, 2.75) is 43.9 Å². The largest absolute Gasteiger partial charge is 0.489 e. The molecule has 0 radical (unpaired) electrons. The summed E-state index contributed by atoms with van der Waals surface area (Å²) in [6, 6.07) is 13.3. The molecule has 226 valence electrons. The minimum absolute atomic E-state index is 0.00197. The van der Waals surface area contributed by atoms with Gasteiger partial charge < -0.3 is 29.7 Å². The average Bonchev–Trinajstić information content (AvgIpc) is 3.41. The number of rotatable bonds is 13. The van der Waals surface area contributed by atoms with Crippen molar-refractivity contribution in [2.24, 2.45) is 5.92 Å². The van der Waals surface area contributed by atoms with E-state index in [0.29, 0.717) is 28.4 Å². The van der Waals surface area contributed by atoms with Crippen molar-refractivity contribution in [3.63, 3.8) is 0 Å². The molecule has 3 aromatic carbocycles.